The number of hydrogen-bond acceptors (Lipinski definition) is 3. The topological polar surface area (TPSA) is 52.7 Å². The highest BCUT2D eigenvalue weighted by atomic mass is 16.2. The molecular weight excluding hydrogens is 302 g/mol. The van der Waals surface area contributed by atoms with E-state index in [0.717, 1.165) is 31.5 Å². The molecule has 2 amide bonds. The highest BCUT2D eigenvalue weighted by molar-refractivity contribution is 5.90. The minimum Gasteiger partial charge on any atom is -0.355 e. The first kappa shape index (κ1) is 15.6. The molecule has 2 atom stereocenters. The van der Waals surface area contributed by atoms with Crippen molar-refractivity contribution in [2.24, 2.45) is 11.8 Å². The molecule has 128 valence electrons. The highest BCUT2D eigenvalue weighted by Gasteiger charge is 2.50. The van der Waals surface area contributed by atoms with Crippen molar-refractivity contribution in [1.29, 1.82) is 0 Å². The van der Waals surface area contributed by atoms with Gasteiger partial charge in [-0.05, 0) is 38.5 Å². The molecule has 0 aliphatic carbocycles. The fourth-order valence-electron chi connectivity index (χ4n) is 4.59. The van der Waals surface area contributed by atoms with E-state index in [2.05, 4.69) is 29.4 Å². The molecule has 0 unspecified atom stereocenters. The van der Waals surface area contributed by atoms with Crippen LogP contribution in [-0.2, 0) is 15.0 Å². The van der Waals surface area contributed by atoms with Crippen molar-refractivity contribution in [3.05, 3.63) is 35.9 Å². The second-order valence-corrected chi connectivity index (χ2v) is 7.57. The zero-order chi connectivity index (χ0) is 16.7. The lowest BCUT2D eigenvalue weighted by atomic mass is 9.71. The van der Waals surface area contributed by atoms with Crippen LogP contribution in [-0.4, -0.2) is 61.4 Å². The fraction of sp³-hybridized carbons (Fsp3) is 0.579. The van der Waals surface area contributed by atoms with Crippen molar-refractivity contribution in [1.82, 2.24) is 15.1 Å². The first-order valence-electron chi connectivity index (χ1n) is 8.91. The normalized spacial score (nSPS) is 29.4. The maximum absolute atomic E-state index is 13.5. The summed E-state index contributed by atoms with van der Waals surface area (Å²) in [4.78, 5) is 29.7. The van der Waals surface area contributed by atoms with Crippen molar-refractivity contribution >= 4 is 11.8 Å². The molecule has 0 radical (unpaired) electrons. The summed E-state index contributed by atoms with van der Waals surface area (Å²) in [5.41, 5.74) is 0.702. The Hall–Kier alpha value is -1.88. The van der Waals surface area contributed by atoms with E-state index in [9.17, 15) is 9.59 Å². The number of carbonyl (C=O) groups is 2. The van der Waals surface area contributed by atoms with Crippen molar-refractivity contribution in [2.75, 3.05) is 39.8 Å². The van der Waals surface area contributed by atoms with Crippen molar-refractivity contribution < 1.29 is 9.59 Å². The van der Waals surface area contributed by atoms with Crippen LogP contribution < -0.4 is 5.32 Å². The molecule has 5 nitrogen and oxygen atoms in total. The summed E-state index contributed by atoms with van der Waals surface area (Å²) in [6.07, 6.45) is 1.70. The average Bonchev–Trinajstić information content (AvgIpc) is 3.18. The molecule has 1 N–H and O–H groups in total. The van der Waals surface area contributed by atoms with E-state index in [1.165, 1.54) is 0 Å². The van der Waals surface area contributed by atoms with Gasteiger partial charge in [-0.1, -0.05) is 30.3 Å². The maximum atomic E-state index is 13.5. The quantitative estimate of drug-likeness (QED) is 0.876. The van der Waals surface area contributed by atoms with Crippen LogP contribution in [0.3, 0.4) is 0 Å². The molecule has 5 heteroatoms. The molecule has 3 aliphatic rings. The van der Waals surface area contributed by atoms with Gasteiger partial charge < -0.3 is 15.1 Å². The molecule has 3 fully saturated rings. The van der Waals surface area contributed by atoms with Gasteiger partial charge in [0.25, 0.3) is 0 Å². The molecule has 3 saturated heterocycles. The Kier molecular flexibility index (Phi) is 3.83. The average molecular weight is 327 g/mol. The van der Waals surface area contributed by atoms with E-state index in [4.69, 9.17) is 0 Å². The molecule has 3 heterocycles. The van der Waals surface area contributed by atoms with Gasteiger partial charge in [0, 0.05) is 25.6 Å². The Morgan fingerprint density at radius 2 is 1.88 bits per heavy atom. The van der Waals surface area contributed by atoms with E-state index in [0.29, 0.717) is 25.6 Å². The van der Waals surface area contributed by atoms with Crippen LogP contribution in [0.5, 0.6) is 0 Å². The van der Waals surface area contributed by atoms with E-state index in [1.807, 2.05) is 23.1 Å². The molecule has 4 rings (SSSR count). The Labute approximate surface area is 143 Å². The monoisotopic (exact) mass is 327 g/mol. The van der Waals surface area contributed by atoms with Crippen LogP contribution >= 0.6 is 0 Å². The maximum Gasteiger partial charge on any atom is 0.233 e. The van der Waals surface area contributed by atoms with Crippen LogP contribution in [0, 0.1) is 11.8 Å². The minimum absolute atomic E-state index is 0.00645. The third kappa shape index (κ3) is 2.42. The molecule has 0 aromatic heterocycles. The number of fused-ring (bicyclic) bond motifs is 1. The second-order valence-electron chi connectivity index (χ2n) is 7.57. The van der Waals surface area contributed by atoms with Gasteiger partial charge in [0.05, 0.1) is 11.3 Å². The molecule has 0 spiro atoms. The smallest absolute Gasteiger partial charge is 0.233 e. The van der Waals surface area contributed by atoms with E-state index in [1.54, 1.807) is 0 Å². The number of rotatable bonds is 2. The predicted octanol–water partition coefficient (Wildman–Crippen LogP) is 0.854. The van der Waals surface area contributed by atoms with Gasteiger partial charge in [0.2, 0.25) is 11.8 Å². The van der Waals surface area contributed by atoms with Crippen LogP contribution in [0.1, 0.15) is 18.4 Å². The van der Waals surface area contributed by atoms with Crippen LogP contribution in [0.2, 0.25) is 0 Å². The number of piperidine rings is 1. The lowest BCUT2D eigenvalue weighted by molar-refractivity contribution is -0.138. The van der Waals surface area contributed by atoms with E-state index >= 15 is 0 Å². The molecule has 3 aliphatic heterocycles. The summed E-state index contributed by atoms with van der Waals surface area (Å²) < 4.78 is 0. The standard InChI is InChI=1S/C19H25N3O2/c1-21-9-7-19(8-10-21,15-5-3-2-4-6-15)18(24)22-12-14-11-20-17(23)16(14)13-22/h2-6,14,16H,7-13H2,1H3,(H,20,23)/t14-,16+/m0/s1. The number of nitrogens with one attached hydrogen (secondary N) is 1. The predicted molar refractivity (Wildman–Crippen MR) is 91.4 cm³/mol. The number of amides is 2. The number of nitrogens with zero attached hydrogens (tertiary/aromatic N) is 2. The van der Waals surface area contributed by atoms with Crippen LogP contribution in [0.4, 0.5) is 0 Å². The van der Waals surface area contributed by atoms with Crippen LogP contribution in [0.25, 0.3) is 0 Å². The number of carbonyl (C=O) groups excluding carboxylic acids is 2. The van der Waals surface area contributed by atoms with Crippen LogP contribution in [0.15, 0.2) is 30.3 Å². The van der Waals surface area contributed by atoms with Crippen molar-refractivity contribution in [3.63, 3.8) is 0 Å². The molecule has 24 heavy (non-hydrogen) atoms. The molecule has 0 saturated carbocycles. The number of likely N-dealkylation sites (tertiary alicyclic amines) is 2. The summed E-state index contributed by atoms with van der Waals surface area (Å²) in [7, 11) is 2.12. The van der Waals surface area contributed by atoms with Gasteiger partial charge in [-0.2, -0.15) is 0 Å². The zero-order valence-corrected chi connectivity index (χ0v) is 14.2. The number of hydrogen-bond donors (Lipinski definition) is 1. The fourth-order valence-corrected chi connectivity index (χ4v) is 4.59. The first-order valence-corrected chi connectivity index (χ1v) is 8.91. The van der Waals surface area contributed by atoms with E-state index in [-0.39, 0.29) is 17.7 Å². The summed E-state index contributed by atoms with van der Waals surface area (Å²) in [6, 6.07) is 10.2. The number of benzene rings is 1. The SMILES string of the molecule is CN1CCC(C(=O)N2C[C@@H]3CNC(=O)[C@@H]3C2)(c2ccccc2)CC1. The van der Waals surface area contributed by atoms with Gasteiger partial charge in [0.1, 0.15) is 0 Å². The summed E-state index contributed by atoms with van der Waals surface area (Å²) in [6.45, 7) is 3.88. The summed E-state index contributed by atoms with van der Waals surface area (Å²) >= 11 is 0. The van der Waals surface area contributed by atoms with Gasteiger partial charge >= 0.3 is 0 Å². The third-order valence-electron chi connectivity index (χ3n) is 6.18. The van der Waals surface area contributed by atoms with Gasteiger partial charge in [0.15, 0.2) is 0 Å². The second kappa shape index (κ2) is 5.88. The largest absolute Gasteiger partial charge is 0.355 e. The Balaban J connectivity index is 1.62. The van der Waals surface area contributed by atoms with Crippen molar-refractivity contribution in [3.8, 4) is 0 Å². The first-order chi connectivity index (χ1) is 11.6. The molecule has 1 aromatic rings. The Morgan fingerprint density at radius 3 is 2.54 bits per heavy atom. The lowest BCUT2D eigenvalue weighted by Gasteiger charge is -2.42. The van der Waals surface area contributed by atoms with Gasteiger partial charge in [-0.15, -0.1) is 0 Å². The zero-order valence-electron chi connectivity index (χ0n) is 14.2. The minimum atomic E-state index is -0.428. The molecule has 0 bridgehead atoms. The van der Waals surface area contributed by atoms with E-state index < -0.39 is 5.41 Å². The lowest BCUT2D eigenvalue weighted by Crippen LogP contribution is -2.52. The Morgan fingerprint density at radius 1 is 1.17 bits per heavy atom. The van der Waals surface area contributed by atoms with Crippen molar-refractivity contribution in [2.45, 2.75) is 18.3 Å². The van der Waals surface area contributed by atoms with Gasteiger partial charge in [-0.25, -0.2) is 0 Å². The van der Waals surface area contributed by atoms with Gasteiger partial charge in [-0.3, -0.25) is 9.59 Å². The third-order valence-corrected chi connectivity index (χ3v) is 6.18. The molecular formula is C19H25N3O2. The Bertz CT molecular complexity index is 637. The molecule has 1 aromatic carbocycles. The summed E-state index contributed by atoms with van der Waals surface area (Å²) in [5.74, 6) is 0.630. The summed E-state index contributed by atoms with van der Waals surface area (Å²) in [5, 5.41) is 2.92. The highest BCUT2D eigenvalue weighted by Crippen LogP contribution is 2.39.